The second-order valence-corrected chi connectivity index (χ2v) is 5.27. The van der Waals surface area contributed by atoms with Gasteiger partial charge in [-0.3, -0.25) is 0 Å². The summed E-state index contributed by atoms with van der Waals surface area (Å²) in [6.07, 6.45) is 0. The second-order valence-electron chi connectivity index (χ2n) is 4.83. The lowest BCUT2D eigenvalue weighted by Crippen LogP contribution is -2.22. The topological polar surface area (TPSA) is 36.3 Å². The van der Waals surface area contributed by atoms with E-state index in [-0.39, 0.29) is 6.04 Å². The van der Waals surface area contributed by atoms with Gasteiger partial charge in [-0.1, -0.05) is 23.7 Å². The van der Waals surface area contributed by atoms with Crippen LogP contribution in [0, 0.1) is 11.3 Å². The highest BCUT2D eigenvalue weighted by molar-refractivity contribution is 6.30. The van der Waals surface area contributed by atoms with Gasteiger partial charge in [0, 0.05) is 18.1 Å². The molecule has 1 atom stereocenters. The standard InChI is InChI=1S/C17H17ClN2O/c1-12(13-4-7-15(18)8-5-13)20(2)17-10-16(21-3)9-6-14(17)11-19/h4-10,12H,1-3H3. The number of nitrogens with zero attached hydrogens (tertiary/aromatic N) is 2. The normalized spacial score (nSPS) is 11.6. The second kappa shape index (κ2) is 6.51. The van der Waals surface area contributed by atoms with Gasteiger partial charge in [0.05, 0.1) is 24.4 Å². The summed E-state index contributed by atoms with van der Waals surface area (Å²) >= 11 is 5.93. The van der Waals surface area contributed by atoms with Gasteiger partial charge in [0.25, 0.3) is 0 Å². The van der Waals surface area contributed by atoms with Crippen molar-refractivity contribution in [3.05, 3.63) is 58.6 Å². The molecule has 0 bridgehead atoms. The maximum absolute atomic E-state index is 9.28. The Morgan fingerprint density at radius 3 is 2.43 bits per heavy atom. The van der Waals surface area contributed by atoms with Gasteiger partial charge in [-0.05, 0) is 36.8 Å². The third kappa shape index (κ3) is 3.29. The highest BCUT2D eigenvalue weighted by atomic mass is 35.5. The summed E-state index contributed by atoms with van der Waals surface area (Å²) in [5, 5.41) is 10.0. The van der Waals surface area contributed by atoms with E-state index in [1.165, 1.54) is 0 Å². The molecule has 0 aliphatic heterocycles. The summed E-state index contributed by atoms with van der Waals surface area (Å²) in [6, 6.07) is 15.5. The zero-order valence-electron chi connectivity index (χ0n) is 12.3. The number of nitriles is 1. The molecular formula is C17H17ClN2O. The molecule has 108 valence electrons. The van der Waals surface area contributed by atoms with Crippen LogP contribution in [0.1, 0.15) is 24.1 Å². The predicted octanol–water partition coefficient (Wildman–Crippen LogP) is 4.42. The Bertz CT molecular complexity index is 661. The van der Waals surface area contributed by atoms with E-state index in [0.717, 1.165) is 17.0 Å². The summed E-state index contributed by atoms with van der Waals surface area (Å²) in [7, 11) is 3.59. The molecule has 2 rings (SSSR count). The lowest BCUT2D eigenvalue weighted by Gasteiger charge is -2.28. The molecule has 4 heteroatoms. The molecule has 2 aromatic carbocycles. The molecule has 0 N–H and O–H groups in total. The largest absolute Gasteiger partial charge is 0.497 e. The number of methoxy groups -OCH3 is 1. The molecule has 0 aromatic heterocycles. The maximum atomic E-state index is 9.28. The average Bonchev–Trinajstić information content (AvgIpc) is 2.53. The van der Waals surface area contributed by atoms with Gasteiger partial charge in [-0.2, -0.15) is 5.26 Å². The minimum atomic E-state index is 0.112. The highest BCUT2D eigenvalue weighted by Crippen LogP contribution is 2.31. The monoisotopic (exact) mass is 300 g/mol. The summed E-state index contributed by atoms with van der Waals surface area (Å²) in [5.41, 5.74) is 2.60. The van der Waals surface area contributed by atoms with Crippen LogP contribution >= 0.6 is 11.6 Å². The Kier molecular flexibility index (Phi) is 4.72. The third-order valence-electron chi connectivity index (χ3n) is 3.64. The van der Waals surface area contributed by atoms with Crippen LogP contribution in [0.4, 0.5) is 5.69 Å². The van der Waals surface area contributed by atoms with Gasteiger partial charge >= 0.3 is 0 Å². The van der Waals surface area contributed by atoms with Crippen molar-refractivity contribution in [1.82, 2.24) is 0 Å². The fraction of sp³-hybridized carbons (Fsp3) is 0.235. The van der Waals surface area contributed by atoms with E-state index in [1.54, 1.807) is 19.2 Å². The SMILES string of the molecule is COc1ccc(C#N)c(N(C)C(C)c2ccc(Cl)cc2)c1. The zero-order valence-corrected chi connectivity index (χ0v) is 13.1. The first-order chi connectivity index (χ1) is 10.1. The molecule has 0 saturated heterocycles. The average molecular weight is 301 g/mol. The molecule has 0 amide bonds. The lowest BCUT2D eigenvalue weighted by atomic mass is 10.1. The van der Waals surface area contributed by atoms with Crippen LogP contribution in [-0.2, 0) is 0 Å². The molecule has 0 aliphatic carbocycles. The molecule has 3 nitrogen and oxygen atoms in total. The van der Waals surface area contributed by atoms with Crippen molar-refractivity contribution in [2.24, 2.45) is 0 Å². The van der Waals surface area contributed by atoms with E-state index < -0.39 is 0 Å². The van der Waals surface area contributed by atoms with Crippen LogP contribution in [0.2, 0.25) is 5.02 Å². The van der Waals surface area contributed by atoms with Gasteiger partial charge in [-0.25, -0.2) is 0 Å². The van der Waals surface area contributed by atoms with Crippen molar-refractivity contribution < 1.29 is 4.74 Å². The Labute approximate surface area is 130 Å². The number of halogens is 1. The first kappa shape index (κ1) is 15.2. The lowest BCUT2D eigenvalue weighted by molar-refractivity contribution is 0.414. The van der Waals surface area contributed by atoms with Gasteiger partial charge in [0.1, 0.15) is 11.8 Å². The van der Waals surface area contributed by atoms with Gasteiger partial charge in [0.15, 0.2) is 0 Å². The molecular weight excluding hydrogens is 284 g/mol. The molecule has 0 spiro atoms. The van der Waals surface area contributed by atoms with E-state index in [4.69, 9.17) is 16.3 Å². The Morgan fingerprint density at radius 1 is 1.19 bits per heavy atom. The summed E-state index contributed by atoms with van der Waals surface area (Å²) in [4.78, 5) is 2.06. The Balaban J connectivity index is 2.36. The molecule has 21 heavy (non-hydrogen) atoms. The van der Waals surface area contributed by atoms with Gasteiger partial charge < -0.3 is 9.64 Å². The third-order valence-corrected chi connectivity index (χ3v) is 3.89. The van der Waals surface area contributed by atoms with E-state index in [1.807, 2.05) is 37.4 Å². The summed E-state index contributed by atoms with van der Waals surface area (Å²) in [6.45, 7) is 2.09. The number of hydrogen-bond acceptors (Lipinski definition) is 3. The van der Waals surface area contributed by atoms with Crippen molar-refractivity contribution in [3.8, 4) is 11.8 Å². The molecule has 2 aromatic rings. The molecule has 0 radical (unpaired) electrons. The number of hydrogen-bond donors (Lipinski definition) is 0. The number of rotatable bonds is 4. The number of anilines is 1. The zero-order chi connectivity index (χ0) is 15.4. The number of benzene rings is 2. The van der Waals surface area contributed by atoms with E-state index >= 15 is 0 Å². The van der Waals surface area contributed by atoms with Crippen molar-refractivity contribution in [2.75, 3.05) is 19.1 Å². The van der Waals surface area contributed by atoms with Crippen molar-refractivity contribution in [1.29, 1.82) is 5.26 Å². The maximum Gasteiger partial charge on any atom is 0.121 e. The summed E-state index contributed by atoms with van der Waals surface area (Å²) < 4.78 is 5.25. The van der Waals surface area contributed by atoms with E-state index in [2.05, 4.69) is 17.9 Å². The minimum Gasteiger partial charge on any atom is -0.497 e. The van der Waals surface area contributed by atoms with Crippen molar-refractivity contribution >= 4 is 17.3 Å². The predicted molar refractivity (Wildman–Crippen MR) is 86.0 cm³/mol. The van der Waals surface area contributed by atoms with Crippen molar-refractivity contribution in [3.63, 3.8) is 0 Å². The van der Waals surface area contributed by atoms with Crippen molar-refractivity contribution in [2.45, 2.75) is 13.0 Å². The Hall–Kier alpha value is -2.18. The molecule has 0 aliphatic rings. The van der Waals surface area contributed by atoms with Gasteiger partial charge in [-0.15, -0.1) is 0 Å². The minimum absolute atomic E-state index is 0.112. The molecule has 0 saturated carbocycles. The van der Waals surface area contributed by atoms with Crippen LogP contribution in [0.15, 0.2) is 42.5 Å². The van der Waals surface area contributed by atoms with Crippen LogP contribution in [-0.4, -0.2) is 14.2 Å². The first-order valence-corrected chi connectivity index (χ1v) is 7.01. The van der Waals surface area contributed by atoms with E-state index in [9.17, 15) is 5.26 Å². The number of ether oxygens (including phenoxy) is 1. The van der Waals surface area contributed by atoms with Crippen LogP contribution in [0.5, 0.6) is 5.75 Å². The highest BCUT2D eigenvalue weighted by Gasteiger charge is 2.16. The Morgan fingerprint density at radius 2 is 1.86 bits per heavy atom. The smallest absolute Gasteiger partial charge is 0.121 e. The van der Waals surface area contributed by atoms with Crippen LogP contribution in [0.25, 0.3) is 0 Å². The molecule has 1 unspecified atom stereocenters. The summed E-state index contributed by atoms with van der Waals surface area (Å²) in [5.74, 6) is 0.735. The van der Waals surface area contributed by atoms with Crippen LogP contribution in [0.3, 0.4) is 0 Å². The molecule has 0 fully saturated rings. The van der Waals surface area contributed by atoms with Gasteiger partial charge in [0.2, 0.25) is 0 Å². The van der Waals surface area contributed by atoms with E-state index in [0.29, 0.717) is 10.6 Å². The fourth-order valence-electron chi connectivity index (χ4n) is 2.20. The van der Waals surface area contributed by atoms with Crippen LogP contribution < -0.4 is 9.64 Å². The fourth-order valence-corrected chi connectivity index (χ4v) is 2.32. The quantitative estimate of drug-likeness (QED) is 0.838. The molecule has 0 heterocycles. The first-order valence-electron chi connectivity index (χ1n) is 6.63.